The molecule has 7 nitrogen and oxygen atoms in total. The fourth-order valence-electron chi connectivity index (χ4n) is 2.53. The number of ether oxygens (including phenoxy) is 1. The molecule has 0 bridgehead atoms. The maximum atomic E-state index is 12.4. The summed E-state index contributed by atoms with van der Waals surface area (Å²) in [5.41, 5.74) is 5.95. The van der Waals surface area contributed by atoms with Crippen molar-refractivity contribution in [1.29, 1.82) is 0 Å². The maximum Gasteiger partial charge on any atom is 0.239 e. The lowest BCUT2D eigenvalue weighted by Gasteiger charge is -2.37. The van der Waals surface area contributed by atoms with Gasteiger partial charge in [-0.05, 0) is 32.1 Å². The van der Waals surface area contributed by atoms with Crippen LogP contribution in [0.15, 0.2) is 0 Å². The number of hydrogen-bond donors (Lipinski definition) is 2. The van der Waals surface area contributed by atoms with Crippen molar-refractivity contribution >= 4 is 15.9 Å². The first-order valence-corrected chi connectivity index (χ1v) is 9.24. The zero-order valence-corrected chi connectivity index (χ0v) is 13.7. The van der Waals surface area contributed by atoms with Gasteiger partial charge in [0.05, 0.1) is 12.3 Å². The third kappa shape index (κ3) is 6.73. The highest BCUT2D eigenvalue weighted by atomic mass is 32.2. The van der Waals surface area contributed by atoms with Gasteiger partial charge in [0.2, 0.25) is 15.9 Å². The molecular formula is C13H27N3O4S. The molecule has 1 fully saturated rings. The van der Waals surface area contributed by atoms with Gasteiger partial charge >= 0.3 is 0 Å². The fraction of sp³-hybridized carbons (Fsp3) is 0.923. The molecule has 0 aliphatic carbocycles. The highest BCUT2D eigenvalue weighted by molar-refractivity contribution is 7.88. The number of carbonyl (C=O) groups excluding carboxylic acids is 1. The van der Waals surface area contributed by atoms with Crippen molar-refractivity contribution in [2.75, 3.05) is 33.1 Å². The molecule has 0 aromatic rings. The topological polar surface area (TPSA) is 102 Å². The minimum atomic E-state index is -3.25. The van der Waals surface area contributed by atoms with Gasteiger partial charge in [-0.15, -0.1) is 0 Å². The summed E-state index contributed by atoms with van der Waals surface area (Å²) in [6.45, 7) is 1.49. The van der Waals surface area contributed by atoms with Crippen LogP contribution in [-0.4, -0.2) is 64.4 Å². The summed E-state index contributed by atoms with van der Waals surface area (Å²) in [5.74, 6) is -0.0916. The summed E-state index contributed by atoms with van der Waals surface area (Å²) >= 11 is 0. The van der Waals surface area contributed by atoms with E-state index in [-0.39, 0.29) is 18.5 Å². The van der Waals surface area contributed by atoms with Gasteiger partial charge in [-0.1, -0.05) is 0 Å². The third-order valence-electron chi connectivity index (χ3n) is 3.67. The summed E-state index contributed by atoms with van der Waals surface area (Å²) in [5, 5.41) is 0. The summed E-state index contributed by atoms with van der Waals surface area (Å²) < 4.78 is 29.9. The molecule has 1 heterocycles. The predicted molar refractivity (Wildman–Crippen MR) is 81.3 cm³/mol. The average molecular weight is 321 g/mol. The second-order valence-electron chi connectivity index (χ2n) is 5.54. The molecular weight excluding hydrogens is 294 g/mol. The van der Waals surface area contributed by atoms with Crippen molar-refractivity contribution < 1.29 is 17.9 Å². The summed E-state index contributed by atoms with van der Waals surface area (Å²) in [6.07, 6.45) is 5.18. The smallest absolute Gasteiger partial charge is 0.239 e. The minimum absolute atomic E-state index is 0.0916. The van der Waals surface area contributed by atoms with Gasteiger partial charge in [-0.2, -0.15) is 0 Å². The van der Waals surface area contributed by atoms with E-state index in [0.717, 1.165) is 31.9 Å². The molecule has 0 radical (unpaired) electrons. The number of nitrogens with two attached hydrogens (primary N) is 1. The van der Waals surface area contributed by atoms with Crippen molar-refractivity contribution in [3.05, 3.63) is 0 Å². The molecule has 8 heteroatoms. The van der Waals surface area contributed by atoms with Crippen LogP contribution in [0.2, 0.25) is 0 Å². The van der Waals surface area contributed by atoms with Crippen LogP contribution in [0.25, 0.3) is 0 Å². The Morgan fingerprint density at radius 2 is 2.19 bits per heavy atom. The van der Waals surface area contributed by atoms with Crippen molar-refractivity contribution in [1.82, 2.24) is 9.62 Å². The van der Waals surface area contributed by atoms with E-state index in [0.29, 0.717) is 19.6 Å². The minimum Gasteiger partial charge on any atom is -0.385 e. The van der Waals surface area contributed by atoms with Crippen LogP contribution in [-0.2, 0) is 19.6 Å². The Labute approximate surface area is 127 Å². The van der Waals surface area contributed by atoms with Gasteiger partial charge in [0.15, 0.2) is 0 Å². The second kappa shape index (κ2) is 8.67. The number of amides is 1. The molecule has 0 aromatic heterocycles. The molecule has 1 aliphatic heterocycles. The summed E-state index contributed by atoms with van der Waals surface area (Å²) in [7, 11) is -1.63. The van der Waals surface area contributed by atoms with Gasteiger partial charge in [-0.3, -0.25) is 4.79 Å². The number of carbonyl (C=O) groups is 1. The van der Waals surface area contributed by atoms with E-state index in [1.165, 1.54) is 0 Å². The summed E-state index contributed by atoms with van der Waals surface area (Å²) in [6, 6.07) is -0.645. The van der Waals surface area contributed by atoms with Crippen LogP contribution in [0.5, 0.6) is 0 Å². The first-order valence-electron chi connectivity index (χ1n) is 7.35. The third-order valence-corrected chi connectivity index (χ3v) is 4.36. The lowest BCUT2D eigenvalue weighted by Crippen LogP contribution is -2.54. The number of sulfonamides is 1. The van der Waals surface area contributed by atoms with E-state index in [1.54, 1.807) is 12.0 Å². The Kier molecular flexibility index (Phi) is 7.58. The predicted octanol–water partition coefficient (Wildman–Crippen LogP) is -0.329. The van der Waals surface area contributed by atoms with Crippen LogP contribution < -0.4 is 10.5 Å². The molecule has 1 amide bonds. The summed E-state index contributed by atoms with van der Waals surface area (Å²) in [4.78, 5) is 14.1. The van der Waals surface area contributed by atoms with Crippen molar-refractivity contribution in [2.45, 2.75) is 44.2 Å². The molecule has 2 atom stereocenters. The van der Waals surface area contributed by atoms with Gasteiger partial charge < -0.3 is 15.4 Å². The van der Waals surface area contributed by atoms with Crippen LogP contribution in [0.3, 0.4) is 0 Å². The van der Waals surface area contributed by atoms with Gasteiger partial charge in [0, 0.05) is 32.8 Å². The molecule has 1 saturated heterocycles. The number of nitrogens with zero attached hydrogens (tertiary/aromatic N) is 1. The van der Waals surface area contributed by atoms with E-state index in [2.05, 4.69) is 4.72 Å². The average Bonchev–Trinajstić information content (AvgIpc) is 2.44. The number of likely N-dealkylation sites (tertiary alicyclic amines) is 1. The van der Waals surface area contributed by atoms with E-state index < -0.39 is 16.1 Å². The highest BCUT2D eigenvalue weighted by Crippen LogP contribution is 2.18. The second-order valence-corrected chi connectivity index (χ2v) is 7.38. The van der Waals surface area contributed by atoms with Crippen molar-refractivity contribution in [3.63, 3.8) is 0 Å². The van der Waals surface area contributed by atoms with Gasteiger partial charge in [-0.25, -0.2) is 13.1 Å². The van der Waals surface area contributed by atoms with E-state index in [1.807, 2.05) is 0 Å². The zero-order chi connectivity index (χ0) is 15.9. The maximum absolute atomic E-state index is 12.4. The first kappa shape index (κ1) is 18.3. The van der Waals surface area contributed by atoms with Gasteiger partial charge in [0.25, 0.3) is 0 Å². The zero-order valence-electron chi connectivity index (χ0n) is 12.9. The molecule has 0 spiro atoms. The van der Waals surface area contributed by atoms with Crippen LogP contribution in [0, 0.1) is 0 Å². The van der Waals surface area contributed by atoms with Crippen LogP contribution >= 0.6 is 0 Å². The fourth-order valence-corrected chi connectivity index (χ4v) is 3.03. The van der Waals surface area contributed by atoms with E-state index >= 15 is 0 Å². The van der Waals surface area contributed by atoms with E-state index in [4.69, 9.17) is 10.5 Å². The SMILES string of the molecule is COCCCC(N)C(=O)N1CCCCC1CNS(C)(=O)=O. The molecule has 21 heavy (non-hydrogen) atoms. The van der Waals surface area contributed by atoms with Crippen LogP contribution in [0.4, 0.5) is 0 Å². The van der Waals surface area contributed by atoms with Gasteiger partial charge in [0.1, 0.15) is 0 Å². The highest BCUT2D eigenvalue weighted by Gasteiger charge is 2.30. The lowest BCUT2D eigenvalue weighted by atomic mass is 10.0. The van der Waals surface area contributed by atoms with Crippen molar-refractivity contribution in [3.8, 4) is 0 Å². The molecule has 0 aromatic carbocycles. The lowest BCUT2D eigenvalue weighted by molar-refractivity contribution is -0.136. The largest absolute Gasteiger partial charge is 0.385 e. The molecule has 124 valence electrons. The standard InChI is InChI=1S/C13H27N3O4S/c1-20-9-5-7-12(14)13(17)16-8-4-3-6-11(16)10-15-21(2,18)19/h11-12,15H,3-10,14H2,1-2H3. The quantitative estimate of drug-likeness (QED) is 0.596. The number of rotatable bonds is 8. The Morgan fingerprint density at radius 1 is 1.48 bits per heavy atom. The molecule has 0 saturated carbocycles. The molecule has 2 unspecified atom stereocenters. The first-order chi connectivity index (χ1) is 9.85. The Bertz CT molecular complexity index is 427. The number of hydrogen-bond acceptors (Lipinski definition) is 5. The monoisotopic (exact) mass is 321 g/mol. The number of piperidine rings is 1. The molecule has 1 aliphatic rings. The van der Waals surface area contributed by atoms with Crippen molar-refractivity contribution in [2.24, 2.45) is 5.73 Å². The Balaban J connectivity index is 2.56. The normalized spacial score (nSPS) is 21.3. The van der Waals surface area contributed by atoms with E-state index in [9.17, 15) is 13.2 Å². The number of nitrogens with one attached hydrogen (secondary N) is 1. The number of methoxy groups -OCH3 is 1. The molecule has 3 N–H and O–H groups in total. The van der Waals surface area contributed by atoms with Crippen LogP contribution in [0.1, 0.15) is 32.1 Å². The Hall–Kier alpha value is -0.700. The Morgan fingerprint density at radius 3 is 2.81 bits per heavy atom. The molecule has 1 rings (SSSR count).